The van der Waals surface area contributed by atoms with Gasteiger partial charge in [0.25, 0.3) is 0 Å². The number of fused-ring (bicyclic) bond motifs is 2. The second-order valence-corrected chi connectivity index (χ2v) is 12.4. The van der Waals surface area contributed by atoms with Crippen molar-refractivity contribution in [1.82, 2.24) is 15.0 Å². The van der Waals surface area contributed by atoms with Crippen molar-refractivity contribution in [2.45, 2.75) is 0 Å². The van der Waals surface area contributed by atoms with E-state index in [0.717, 1.165) is 55.7 Å². The Bertz CT molecular complexity index is 2540. The molecule has 7 aromatic carbocycles. The van der Waals surface area contributed by atoms with E-state index in [1.807, 2.05) is 48.7 Å². The summed E-state index contributed by atoms with van der Waals surface area (Å²) in [7, 11) is 0. The highest BCUT2D eigenvalue weighted by Gasteiger charge is 2.14. The highest BCUT2D eigenvalue weighted by atomic mass is 14.9. The third-order valence-electron chi connectivity index (χ3n) is 9.36. The van der Waals surface area contributed by atoms with Crippen LogP contribution in [-0.2, 0) is 0 Å². The lowest BCUT2D eigenvalue weighted by molar-refractivity contribution is 1.18. The molecule has 234 valence electrons. The van der Waals surface area contributed by atoms with E-state index in [0.29, 0.717) is 5.82 Å². The quantitative estimate of drug-likeness (QED) is 0.182. The molecule has 50 heavy (non-hydrogen) atoms. The first-order valence-electron chi connectivity index (χ1n) is 16.9. The maximum atomic E-state index is 5.04. The molecule has 0 aliphatic heterocycles. The molecule has 0 unspecified atom stereocenters. The molecule has 0 atom stereocenters. The van der Waals surface area contributed by atoms with Crippen molar-refractivity contribution < 1.29 is 0 Å². The van der Waals surface area contributed by atoms with Crippen molar-refractivity contribution in [3.8, 4) is 67.3 Å². The Balaban J connectivity index is 1.10. The van der Waals surface area contributed by atoms with Gasteiger partial charge in [0.1, 0.15) is 0 Å². The van der Waals surface area contributed by atoms with Crippen LogP contribution in [0.2, 0.25) is 0 Å². The fraction of sp³-hybridized carbons (Fsp3) is 0. The van der Waals surface area contributed by atoms with E-state index >= 15 is 0 Å². The molecule has 0 amide bonds. The number of hydrogen-bond acceptors (Lipinski definition) is 3. The van der Waals surface area contributed by atoms with Crippen molar-refractivity contribution >= 4 is 21.7 Å². The first kappa shape index (κ1) is 29.4. The van der Waals surface area contributed by atoms with Crippen LogP contribution < -0.4 is 0 Å². The van der Waals surface area contributed by atoms with Crippen LogP contribution in [-0.4, -0.2) is 15.0 Å². The Morgan fingerprint density at radius 2 is 0.780 bits per heavy atom. The number of pyridine rings is 1. The smallest absolute Gasteiger partial charge is 0.160 e. The zero-order chi connectivity index (χ0) is 33.3. The summed E-state index contributed by atoms with van der Waals surface area (Å²) in [5, 5.41) is 3.58. The van der Waals surface area contributed by atoms with Gasteiger partial charge in [-0.1, -0.05) is 170 Å². The lowest BCUT2D eigenvalue weighted by Crippen LogP contribution is -1.96. The lowest BCUT2D eigenvalue weighted by Gasteiger charge is -2.14. The minimum absolute atomic E-state index is 0.705. The zero-order valence-electron chi connectivity index (χ0n) is 27.2. The van der Waals surface area contributed by atoms with Gasteiger partial charge in [0.15, 0.2) is 5.82 Å². The van der Waals surface area contributed by atoms with Crippen LogP contribution in [0.5, 0.6) is 0 Å². The topological polar surface area (TPSA) is 38.7 Å². The minimum atomic E-state index is 0.705. The van der Waals surface area contributed by atoms with Crippen molar-refractivity contribution in [2.24, 2.45) is 0 Å². The predicted molar refractivity (Wildman–Crippen MR) is 207 cm³/mol. The van der Waals surface area contributed by atoms with E-state index in [-0.39, 0.29) is 0 Å². The van der Waals surface area contributed by atoms with E-state index in [1.54, 1.807) is 0 Å². The molecular formula is C47H31N3. The van der Waals surface area contributed by atoms with Crippen molar-refractivity contribution in [3.05, 3.63) is 188 Å². The molecule has 0 saturated carbocycles. The number of rotatable bonds is 6. The van der Waals surface area contributed by atoms with Crippen molar-refractivity contribution in [1.29, 1.82) is 0 Å². The molecule has 9 aromatic rings. The maximum absolute atomic E-state index is 5.04. The van der Waals surface area contributed by atoms with Crippen LogP contribution in [0, 0.1) is 0 Å². The van der Waals surface area contributed by atoms with E-state index in [4.69, 9.17) is 9.97 Å². The Labute approximate surface area is 291 Å². The molecule has 0 N–H and O–H groups in total. The van der Waals surface area contributed by atoms with Gasteiger partial charge in [-0.25, -0.2) is 9.97 Å². The summed E-state index contributed by atoms with van der Waals surface area (Å²) in [6.45, 7) is 0. The van der Waals surface area contributed by atoms with Gasteiger partial charge in [0.2, 0.25) is 0 Å². The standard InChI is InChI=1S/C47H31N3/c1-3-11-35(12-4-1)43-31-44(36-13-5-2-6-14-36)50-47(49-43)39-28-26-33(27-29-39)41-20-8-16-37-15-7-19-40(45(37)41)32-22-24-34(25-23-32)42-21-9-17-38-18-10-30-48-46(38)42/h1-31H. The second-order valence-electron chi connectivity index (χ2n) is 12.4. The van der Waals surface area contributed by atoms with Crippen LogP contribution in [0.15, 0.2) is 188 Å². The first-order chi connectivity index (χ1) is 24.8. The van der Waals surface area contributed by atoms with Crippen LogP contribution in [0.25, 0.3) is 89.0 Å². The summed E-state index contributed by atoms with van der Waals surface area (Å²) in [6.07, 6.45) is 1.86. The maximum Gasteiger partial charge on any atom is 0.160 e. The van der Waals surface area contributed by atoms with Crippen LogP contribution >= 0.6 is 0 Å². The van der Waals surface area contributed by atoms with E-state index < -0.39 is 0 Å². The van der Waals surface area contributed by atoms with Gasteiger partial charge in [-0.15, -0.1) is 0 Å². The average molecular weight is 638 g/mol. The third-order valence-corrected chi connectivity index (χ3v) is 9.36. The molecule has 9 rings (SSSR count). The summed E-state index contributed by atoms with van der Waals surface area (Å²) >= 11 is 0. The van der Waals surface area contributed by atoms with Crippen LogP contribution in [0.3, 0.4) is 0 Å². The van der Waals surface area contributed by atoms with E-state index in [2.05, 4.69) is 145 Å². The molecule has 2 heterocycles. The van der Waals surface area contributed by atoms with Gasteiger partial charge in [0.05, 0.1) is 16.9 Å². The zero-order valence-corrected chi connectivity index (χ0v) is 27.2. The fourth-order valence-corrected chi connectivity index (χ4v) is 6.88. The van der Waals surface area contributed by atoms with E-state index in [1.165, 1.54) is 27.5 Å². The normalized spacial score (nSPS) is 11.2. The number of para-hydroxylation sites is 1. The van der Waals surface area contributed by atoms with Gasteiger partial charge >= 0.3 is 0 Å². The molecule has 0 saturated heterocycles. The molecule has 0 aliphatic carbocycles. The minimum Gasteiger partial charge on any atom is -0.256 e. The Morgan fingerprint density at radius 1 is 0.320 bits per heavy atom. The predicted octanol–water partition coefficient (Wildman–Crippen LogP) is 12.2. The lowest BCUT2D eigenvalue weighted by atomic mass is 9.90. The monoisotopic (exact) mass is 637 g/mol. The molecule has 0 fully saturated rings. The molecule has 0 aliphatic rings. The van der Waals surface area contributed by atoms with Gasteiger partial charge in [-0.05, 0) is 50.7 Å². The number of benzene rings is 7. The Kier molecular flexibility index (Phi) is 7.49. The van der Waals surface area contributed by atoms with Crippen LogP contribution in [0.1, 0.15) is 0 Å². The Hall–Kier alpha value is -6.71. The summed E-state index contributed by atoms with van der Waals surface area (Å²) in [5.41, 5.74) is 12.9. The van der Waals surface area contributed by atoms with Gasteiger partial charge in [-0.2, -0.15) is 0 Å². The highest BCUT2D eigenvalue weighted by molar-refractivity contribution is 6.06. The molecule has 0 spiro atoms. The second kappa shape index (κ2) is 12.7. The van der Waals surface area contributed by atoms with E-state index in [9.17, 15) is 0 Å². The molecule has 0 radical (unpaired) electrons. The number of hydrogen-bond donors (Lipinski definition) is 0. The number of nitrogens with zero attached hydrogens (tertiary/aromatic N) is 3. The average Bonchev–Trinajstić information content (AvgIpc) is 3.21. The molecule has 2 aromatic heterocycles. The van der Waals surface area contributed by atoms with Gasteiger partial charge < -0.3 is 0 Å². The molecular weight excluding hydrogens is 607 g/mol. The largest absolute Gasteiger partial charge is 0.256 e. The molecule has 3 nitrogen and oxygen atoms in total. The van der Waals surface area contributed by atoms with Gasteiger partial charge in [0, 0.05) is 33.8 Å². The summed E-state index contributed by atoms with van der Waals surface area (Å²) in [5.74, 6) is 0.705. The van der Waals surface area contributed by atoms with Gasteiger partial charge in [-0.3, -0.25) is 4.98 Å². The summed E-state index contributed by atoms with van der Waals surface area (Å²) in [6, 6.07) is 63.8. The summed E-state index contributed by atoms with van der Waals surface area (Å²) in [4.78, 5) is 14.8. The summed E-state index contributed by atoms with van der Waals surface area (Å²) < 4.78 is 0. The molecule has 0 bridgehead atoms. The third kappa shape index (κ3) is 5.51. The van der Waals surface area contributed by atoms with Crippen molar-refractivity contribution in [3.63, 3.8) is 0 Å². The fourth-order valence-electron chi connectivity index (χ4n) is 6.88. The number of aromatic nitrogens is 3. The highest BCUT2D eigenvalue weighted by Crippen LogP contribution is 2.38. The molecule has 3 heteroatoms. The SMILES string of the molecule is c1ccc(-c2cc(-c3ccccc3)nc(-c3ccc(-c4cccc5cccc(-c6ccc(-c7cccc8cccnc78)cc6)c45)cc3)n2)cc1. The van der Waals surface area contributed by atoms with Crippen molar-refractivity contribution in [2.75, 3.05) is 0 Å². The Morgan fingerprint density at radius 3 is 1.34 bits per heavy atom. The van der Waals surface area contributed by atoms with Crippen LogP contribution in [0.4, 0.5) is 0 Å². The first-order valence-corrected chi connectivity index (χ1v) is 16.9.